The highest BCUT2D eigenvalue weighted by molar-refractivity contribution is 6.37. The summed E-state index contributed by atoms with van der Waals surface area (Å²) in [4.78, 5) is 4.05. The number of hydrogen-bond acceptors (Lipinski definition) is 3. The van der Waals surface area contributed by atoms with Crippen molar-refractivity contribution >= 4 is 34.8 Å². The minimum Gasteiger partial charge on any atom is -0.482 e. The molecule has 1 N–H and O–H groups in total. The van der Waals surface area contributed by atoms with Crippen LogP contribution in [0.2, 0.25) is 15.1 Å². The van der Waals surface area contributed by atoms with Gasteiger partial charge in [-0.1, -0.05) is 34.8 Å². The second kappa shape index (κ2) is 7.40. The molecule has 2 heterocycles. The molecule has 3 nitrogen and oxygen atoms in total. The fraction of sp³-hybridized carbons (Fsp3) is 0.312. The van der Waals surface area contributed by atoms with Crippen LogP contribution >= 0.6 is 34.8 Å². The quantitative estimate of drug-likeness (QED) is 0.738. The number of hydrogen-bond donors (Lipinski definition) is 1. The van der Waals surface area contributed by atoms with Gasteiger partial charge in [0.2, 0.25) is 0 Å². The highest BCUT2D eigenvalue weighted by atomic mass is 35.5. The molecule has 8 heteroatoms. The van der Waals surface area contributed by atoms with Gasteiger partial charge in [-0.25, -0.2) is 8.78 Å². The lowest BCUT2D eigenvalue weighted by atomic mass is 9.96. The van der Waals surface area contributed by atoms with Gasteiger partial charge in [0.1, 0.15) is 27.8 Å². The number of rotatable bonds is 4. The van der Waals surface area contributed by atoms with Gasteiger partial charge in [0.15, 0.2) is 5.75 Å². The van der Waals surface area contributed by atoms with Crippen molar-refractivity contribution in [1.29, 1.82) is 0 Å². The predicted molar refractivity (Wildman–Crippen MR) is 90.0 cm³/mol. The summed E-state index contributed by atoms with van der Waals surface area (Å²) in [7, 11) is 0. The van der Waals surface area contributed by atoms with Gasteiger partial charge in [0.05, 0.1) is 5.02 Å². The minimum atomic E-state index is -0.930. The molecule has 0 amide bonds. The molecule has 1 saturated heterocycles. The Labute approximate surface area is 152 Å². The van der Waals surface area contributed by atoms with E-state index in [1.54, 1.807) is 12.3 Å². The number of nitrogens with zero attached hydrogens (tertiary/aromatic N) is 1. The molecule has 24 heavy (non-hydrogen) atoms. The Bertz CT molecular complexity index is 728. The Morgan fingerprint density at radius 1 is 1.12 bits per heavy atom. The molecule has 2 atom stereocenters. The van der Waals surface area contributed by atoms with Crippen LogP contribution in [0.15, 0.2) is 24.5 Å². The Balaban J connectivity index is 2.02. The second-order valence-electron chi connectivity index (χ2n) is 5.53. The van der Waals surface area contributed by atoms with Crippen LogP contribution in [0.3, 0.4) is 0 Å². The second-order valence-corrected chi connectivity index (χ2v) is 6.72. The first-order valence-corrected chi connectivity index (χ1v) is 8.41. The highest BCUT2D eigenvalue weighted by Crippen LogP contribution is 2.42. The first kappa shape index (κ1) is 17.7. The fourth-order valence-electron chi connectivity index (χ4n) is 2.74. The molecule has 1 unspecified atom stereocenters. The summed E-state index contributed by atoms with van der Waals surface area (Å²) in [6.45, 7) is 1.50. The zero-order chi connectivity index (χ0) is 17.3. The van der Waals surface area contributed by atoms with E-state index in [1.807, 2.05) is 0 Å². The maximum atomic E-state index is 13.8. The lowest BCUT2D eigenvalue weighted by Gasteiger charge is -2.26. The van der Waals surface area contributed by atoms with Gasteiger partial charge in [-0.3, -0.25) is 4.98 Å². The van der Waals surface area contributed by atoms with E-state index < -0.39 is 17.7 Å². The Kier molecular flexibility index (Phi) is 5.45. The van der Waals surface area contributed by atoms with Crippen LogP contribution in [0.25, 0.3) is 0 Å². The Morgan fingerprint density at radius 3 is 2.42 bits per heavy atom. The molecule has 2 aromatic rings. The van der Waals surface area contributed by atoms with Crippen molar-refractivity contribution in [3.8, 4) is 5.75 Å². The van der Waals surface area contributed by atoms with Gasteiger partial charge < -0.3 is 10.1 Å². The molecule has 0 aliphatic carbocycles. The van der Waals surface area contributed by atoms with Crippen LogP contribution in [0.5, 0.6) is 5.75 Å². The summed E-state index contributed by atoms with van der Waals surface area (Å²) in [5.74, 6) is -2.02. The van der Waals surface area contributed by atoms with Gasteiger partial charge in [0.25, 0.3) is 0 Å². The number of nitrogens with one attached hydrogen (secondary N) is 1. The van der Waals surface area contributed by atoms with Crippen molar-refractivity contribution in [1.82, 2.24) is 10.3 Å². The zero-order valence-electron chi connectivity index (χ0n) is 12.3. The van der Waals surface area contributed by atoms with Crippen LogP contribution in [0, 0.1) is 17.6 Å². The molecule has 0 saturated carbocycles. The van der Waals surface area contributed by atoms with Crippen molar-refractivity contribution in [2.75, 3.05) is 13.1 Å². The van der Waals surface area contributed by atoms with Gasteiger partial charge in [0, 0.05) is 36.5 Å². The summed E-state index contributed by atoms with van der Waals surface area (Å²) in [5.41, 5.74) is 0.688. The maximum absolute atomic E-state index is 13.8. The number of benzene rings is 1. The van der Waals surface area contributed by atoms with E-state index in [-0.39, 0.29) is 21.7 Å². The van der Waals surface area contributed by atoms with Crippen molar-refractivity contribution in [2.45, 2.75) is 12.5 Å². The SMILES string of the molecule is Fc1cc(F)c(Cl)c(OC(c2cncc(Cl)c2)[C@H]2CCNC2)c1Cl. The van der Waals surface area contributed by atoms with Gasteiger partial charge in [-0.05, 0) is 19.0 Å². The molecule has 1 aromatic carbocycles. The van der Waals surface area contributed by atoms with Crippen molar-refractivity contribution in [3.63, 3.8) is 0 Å². The third-order valence-corrected chi connectivity index (χ3v) is 4.81. The number of halogens is 5. The summed E-state index contributed by atoms with van der Waals surface area (Å²) < 4.78 is 33.4. The lowest BCUT2D eigenvalue weighted by molar-refractivity contribution is 0.143. The van der Waals surface area contributed by atoms with E-state index in [0.717, 1.165) is 13.0 Å². The topological polar surface area (TPSA) is 34.1 Å². The van der Waals surface area contributed by atoms with E-state index in [4.69, 9.17) is 39.5 Å². The van der Waals surface area contributed by atoms with Gasteiger partial charge >= 0.3 is 0 Å². The minimum absolute atomic E-state index is 0.0590. The molecule has 128 valence electrons. The molecule has 0 bridgehead atoms. The Morgan fingerprint density at radius 2 is 1.83 bits per heavy atom. The molecule has 0 spiro atoms. The number of ether oxygens (including phenoxy) is 1. The van der Waals surface area contributed by atoms with Crippen molar-refractivity contribution in [3.05, 3.63) is 56.8 Å². The van der Waals surface area contributed by atoms with Crippen LogP contribution < -0.4 is 10.1 Å². The van der Waals surface area contributed by atoms with Gasteiger partial charge in [-0.15, -0.1) is 0 Å². The first-order chi connectivity index (χ1) is 11.5. The molecule has 1 aliphatic rings. The average molecular weight is 394 g/mol. The molecule has 1 aliphatic heterocycles. The third-order valence-electron chi connectivity index (χ3n) is 3.90. The van der Waals surface area contributed by atoms with E-state index >= 15 is 0 Å². The van der Waals surface area contributed by atoms with Crippen LogP contribution in [0.4, 0.5) is 8.78 Å². The largest absolute Gasteiger partial charge is 0.482 e. The highest BCUT2D eigenvalue weighted by Gasteiger charge is 2.31. The van der Waals surface area contributed by atoms with Crippen LogP contribution in [-0.4, -0.2) is 18.1 Å². The van der Waals surface area contributed by atoms with E-state index in [2.05, 4.69) is 10.3 Å². The number of pyridine rings is 1. The molecule has 1 fully saturated rings. The first-order valence-electron chi connectivity index (χ1n) is 7.28. The van der Waals surface area contributed by atoms with Crippen molar-refractivity contribution < 1.29 is 13.5 Å². The molecular formula is C16H13Cl3F2N2O. The average Bonchev–Trinajstić information content (AvgIpc) is 3.07. The van der Waals surface area contributed by atoms with Crippen molar-refractivity contribution in [2.24, 2.45) is 5.92 Å². The monoisotopic (exact) mass is 392 g/mol. The van der Waals surface area contributed by atoms with Crippen LogP contribution in [-0.2, 0) is 0 Å². The lowest BCUT2D eigenvalue weighted by Crippen LogP contribution is -2.22. The van der Waals surface area contributed by atoms with Crippen LogP contribution in [0.1, 0.15) is 18.1 Å². The predicted octanol–water partition coefficient (Wildman–Crippen LogP) is 5.05. The van der Waals surface area contributed by atoms with E-state index in [0.29, 0.717) is 23.2 Å². The summed E-state index contributed by atoms with van der Waals surface area (Å²) in [6, 6.07) is 2.33. The van der Waals surface area contributed by atoms with E-state index in [9.17, 15) is 8.78 Å². The molecule has 1 aromatic heterocycles. The molecular weight excluding hydrogens is 381 g/mol. The molecule has 3 rings (SSSR count). The molecule has 0 radical (unpaired) electrons. The normalized spacial score (nSPS) is 18.6. The van der Waals surface area contributed by atoms with Gasteiger partial charge in [-0.2, -0.15) is 0 Å². The zero-order valence-corrected chi connectivity index (χ0v) is 14.6. The smallest absolute Gasteiger partial charge is 0.163 e. The fourth-order valence-corrected chi connectivity index (χ4v) is 3.36. The number of aromatic nitrogens is 1. The summed E-state index contributed by atoms with van der Waals surface area (Å²) in [5, 5.41) is 2.96. The third kappa shape index (κ3) is 3.59. The Hall–Kier alpha value is -1.14. The maximum Gasteiger partial charge on any atom is 0.163 e. The standard InChI is InChI=1S/C16H13Cl3F2N2O/c17-10-3-9(6-23-7-10)15(8-1-2-22-5-8)24-16-13(18)11(20)4-12(21)14(16)19/h3-4,6-8,15,22H,1-2,5H2/t8-,15?/m0/s1. The summed E-state index contributed by atoms with van der Waals surface area (Å²) >= 11 is 17.9. The summed E-state index contributed by atoms with van der Waals surface area (Å²) in [6.07, 6.45) is 3.38. The van der Waals surface area contributed by atoms with E-state index in [1.165, 1.54) is 6.20 Å².